The van der Waals surface area contributed by atoms with Gasteiger partial charge in [-0.1, -0.05) is 30.3 Å². The van der Waals surface area contributed by atoms with Gasteiger partial charge in [0.1, 0.15) is 0 Å². The van der Waals surface area contributed by atoms with E-state index in [0.29, 0.717) is 0 Å². The SMILES string of the molecule is Cc1cc2ccccc2cn1.Cc1ccc(S(=O)(=O)O)cc1C. The highest BCUT2D eigenvalue weighted by Crippen LogP contribution is 2.14. The Morgan fingerprint density at radius 1 is 0.870 bits per heavy atom. The number of hydrogen-bond donors (Lipinski definition) is 1. The van der Waals surface area contributed by atoms with E-state index in [9.17, 15) is 8.42 Å². The predicted molar refractivity (Wildman–Crippen MR) is 92.2 cm³/mol. The number of nitrogens with zero attached hydrogens (tertiary/aromatic N) is 1. The van der Waals surface area contributed by atoms with Gasteiger partial charge in [-0.3, -0.25) is 9.54 Å². The van der Waals surface area contributed by atoms with E-state index in [1.54, 1.807) is 13.0 Å². The third-order valence-electron chi connectivity index (χ3n) is 3.54. The van der Waals surface area contributed by atoms with Crippen molar-refractivity contribution in [2.45, 2.75) is 25.7 Å². The summed E-state index contributed by atoms with van der Waals surface area (Å²) in [5, 5.41) is 2.47. The van der Waals surface area contributed by atoms with Gasteiger partial charge in [0.15, 0.2) is 0 Å². The summed E-state index contributed by atoms with van der Waals surface area (Å²) in [4.78, 5) is 4.16. The minimum atomic E-state index is -4.04. The molecular formula is C18H19NO3S. The van der Waals surface area contributed by atoms with E-state index in [1.165, 1.54) is 22.9 Å². The second-order valence-corrected chi connectivity index (χ2v) is 6.82. The third kappa shape index (κ3) is 4.61. The van der Waals surface area contributed by atoms with Crippen molar-refractivity contribution in [3.05, 3.63) is 71.5 Å². The van der Waals surface area contributed by atoms with Crippen LogP contribution in [0.4, 0.5) is 0 Å². The quantitative estimate of drug-likeness (QED) is 0.683. The number of hydrogen-bond acceptors (Lipinski definition) is 3. The summed E-state index contributed by atoms with van der Waals surface area (Å²) in [6, 6.07) is 14.8. The minimum absolute atomic E-state index is 0.0504. The summed E-state index contributed by atoms with van der Waals surface area (Å²) in [5.41, 5.74) is 2.93. The Kier molecular flexibility index (Phi) is 5.13. The number of aryl methyl sites for hydroxylation is 3. The summed E-state index contributed by atoms with van der Waals surface area (Å²) < 4.78 is 30.0. The lowest BCUT2D eigenvalue weighted by atomic mass is 10.1. The molecule has 0 unspecified atom stereocenters. The molecule has 1 aromatic heterocycles. The van der Waals surface area contributed by atoms with Gasteiger partial charge in [-0.25, -0.2) is 0 Å². The van der Waals surface area contributed by atoms with Crippen molar-refractivity contribution in [2.24, 2.45) is 0 Å². The maximum absolute atomic E-state index is 10.7. The van der Waals surface area contributed by atoms with Crippen molar-refractivity contribution in [3.63, 3.8) is 0 Å². The first-order valence-corrected chi connectivity index (χ1v) is 8.57. The molecule has 1 heterocycles. The molecule has 1 N–H and O–H groups in total. The molecule has 0 bridgehead atoms. The van der Waals surface area contributed by atoms with Gasteiger partial charge in [-0.05, 0) is 55.5 Å². The summed E-state index contributed by atoms with van der Waals surface area (Å²) in [5.74, 6) is 0. The molecule has 0 spiro atoms. The molecule has 3 aromatic rings. The maximum Gasteiger partial charge on any atom is 0.294 e. The number of benzene rings is 2. The van der Waals surface area contributed by atoms with Crippen LogP contribution in [0.2, 0.25) is 0 Å². The molecule has 0 amide bonds. The lowest BCUT2D eigenvalue weighted by Gasteiger charge is -2.01. The van der Waals surface area contributed by atoms with E-state index in [-0.39, 0.29) is 4.90 Å². The summed E-state index contributed by atoms with van der Waals surface area (Å²) in [6.07, 6.45) is 1.91. The average molecular weight is 329 g/mol. The van der Waals surface area contributed by atoms with Crippen molar-refractivity contribution < 1.29 is 13.0 Å². The maximum atomic E-state index is 10.7. The van der Waals surface area contributed by atoms with E-state index < -0.39 is 10.1 Å². The second kappa shape index (κ2) is 6.89. The van der Waals surface area contributed by atoms with Crippen molar-refractivity contribution in [2.75, 3.05) is 0 Å². The van der Waals surface area contributed by atoms with Gasteiger partial charge in [0.05, 0.1) is 4.90 Å². The Balaban J connectivity index is 0.000000167. The van der Waals surface area contributed by atoms with E-state index in [1.807, 2.05) is 32.2 Å². The van der Waals surface area contributed by atoms with Crippen molar-refractivity contribution in [1.29, 1.82) is 0 Å². The molecule has 0 aliphatic heterocycles. The zero-order chi connectivity index (χ0) is 17.0. The minimum Gasteiger partial charge on any atom is -0.282 e. The van der Waals surface area contributed by atoms with E-state index in [2.05, 4.69) is 23.2 Å². The van der Waals surface area contributed by atoms with Gasteiger partial charge < -0.3 is 0 Å². The van der Waals surface area contributed by atoms with Crippen molar-refractivity contribution >= 4 is 20.9 Å². The van der Waals surface area contributed by atoms with Crippen LogP contribution in [-0.4, -0.2) is 18.0 Å². The van der Waals surface area contributed by atoms with Crippen LogP contribution in [0.1, 0.15) is 16.8 Å². The molecule has 0 saturated carbocycles. The van der Waals surface area contributed by atoms with E-state index in [0.717, 1.165) is 16.8 Å². The molecule has 0 fully saturated rings. The van der Waals surface area contributed by atoms with Crippen LogP contribution in [0.15, 0.2) is 59.6 Å². The molecule has 120 valence electrons. The third-order valence-corrected chi connectivity index (χ3v) is 4.39. The molecule has 0 atom stereocenters. The van der Waals surface area contributed by atoms with Crippen LogP contribution in [0.3, 0.4) is 0 Å². The molecule has 0 radical (unpaired) electrons. The Labute approximate surface area is 136 Å². The van der Waals surface area contributed by atoms with Gasteiger partial charge >= 0.3 is 0 Å². The molecule has 0 aliphatic rings. The Bertz CT molecular complexity index is 934. The smallest absolute Gasteiger partial charge is 0.282 e. The predicted octanol–water partition coefficient (Wildman–Crippen LogP) is 4.09. The number of fused-ring (bicyclic) bond motifs is 1. The van der Waals surface area contributed by atoms with Crippen LogP contribution < -0.4 is 0 Å². The average Bonchev–Trinajstić information content (AvgIpc) is 2.49. The first-order valence-electron chi connectivity index (χ1n) is 7.13. The highest BCUT2D eigenvalue weighted by atomic mass is 32.2. The topological polar surface area (TPSA) is 67.3 Å². The Hall–Kier alpha value is -2.24. The monoisotopic (exact) mass is 329 g/mol. The van der Waals surface area contributed by atoms with Crippen LogP contribution in [-0.2, 0) is 10.1 Å². The van der Waals surface area contributed by atoms with Crippen molar-refractivity contribution in [3.8, 4) is 0 Å². The summed E-state index contributed by atoms with van der Waals surface area (Å²) >= 11 is 0. The molecule has 2 aromatic carbocycles. The fourth-order valence-electron chi connectivity index (χ4n) is 2.07. The number of aromatic nitrogens is 1. The summed E-state index contributed by atoms with van der Waals surface area (Å²) in [6.45, 7) is 5.68. The first kappa shape index (κ1) is 17.1. The van der Waals surface area contributed by atoms with Gasteiger partial charge in [0, 0.05) is 17.3 Å². The molecule has 0 saturated heterocycles. The van der Waals surface area contributed by atoms with Crippen LogP contribution >= 0.6 is 0 Å². The fraction of sp³-hybridized carbons (Fsp3) is 0.167. The Morgan fingerprint density at radius 3 is 2.13 bits per heavy atom. The number of pyridine rings is 1. The lowest BCUT2D eigenvalue weighted by Crippen LogP contribution is -1.98. The molecule has 0 aliphatic carbocycles. The number of rotatable bonds is 1. The first-order chi connectivity index (χ1) is 10.8. The molecule has 23 heavy (non-hydrogen) atoms. The van der Waals surface area contributed by atoms with Gasteiger partial charge in [-0.15, -0.1) is 0 Å². The molecule has 4 nitrogen and oxygen atoms in total. The normalized spacial score (nSPS) is 11.0. The highest BCUT2D eigenvalue weighted by molar-refractivity contribution is 7.85. The molecule has 5 heteroatoms. The van der Waals surface area contributed by atoms with Gasteiger partial charge in [-0.2, -0.15) is 8.42 Å². The van der Waals surface area contributed by atoms with Gasteiger partial charge in [0.25, 0.3) is 10.1 Å². The Morgan fingerprint density at radius 2 is 1.52 bits per heavy atom. The fourth-order valence-corrected chi connectivity index (χ4v) is 2.63. The molecule has 3 rings (SSSR count). The van der Waals surface area contributed by atoms with Crippen LogP contribution in [0, 0.1) is 20.8 Å². The zero-order valence-electron chi connectivity index (χ0n) is 13.3. The standard InChI is InChI=1S/C10H9N.C8H10O3S/c1-8-6-9-4-2-3-5-10(9)7-11-8;1-6-3-4-8(5-7(6)2)12(9,10)11/h2-7H,1H3;3-5H,1-2H3,(H,9,10,11). The van der Waals surface area contributed by atoms with Crippen LogP contribution in [0.25, 0.3) is 10.8 Å². The van der Waals surface area contributed by atoms with E-state index >= 15 is 0 Å². The highest BCUT2D eigenvalue weighted by Gasteiger charge is 2.09. The summed E-state index contributed by atoms with van der Waals surface area (Å²) in [7, 11) is -4.04. The van der Waals surface area contributed by atoms with Gasteiger partial charge in [0.2, 0.25) is 0 Å². The lowest BCUT2D eigenvalue weighted by molar-refractivity contribution is 0.483. The largest absolute Gasteiger partial charge is 0.294 e. The second-order valence-electron chi connectivity index (χ2n) is 5.39. The van der Waals surface area contributed by atoms with Crippen molar-refractivity contribution in [1.82, 2.24) is 4.98 Å². The molecular weight excluding hydrogens is 310 g/mol. The zero-order valence-corrected chi connectivity index (χ0v) is 14.1. The van der Waals surface area contributed by atoms with E-state index in [4.69, 9.17) is 4.55 Å². The van der Waals surface area contributed by atoms with Crippen LogP contribution in [0.5, 0.6) is 0 Å².